The van der Waals surface area contributed by atoms with Gasteiger partial charge in [0.1, 0.15) is 11.9 Å². The smallest absolute Gasteiger partial charge is 0.162 e. The fourth-order valence-electron chi connectivity index (χ4n) is 6.01. The molecular formula is C42H49NO2. The number of para-hydroxylation sites is 1. The third kappa shape index (κ3) is 7.97. The van der Waals surface area contributed by atoms with Crippen LogP contribution >= 0.6 is 0 Å². The van der Waals surface area contributed by atoms with Crippen molar-refractivity contribution in [3.05, 3.63) is 167 Å². The summed E-state index contributed by atoms with van der Waals surface area (Å²) in [5.74, 6) is 1.90. The molecule has 0 fully saturated rings. The summed E-state index contributed by atoms with van der Waals surface area (Å²) < 4.78 is 6.34. The van der Waals surface area contributed by atoms with Crippen molar-refractivity contribution in [3.8, 4) is 5.75 Å². The van der Waals surface area contributed by atoms with Gasteiger partial charge in [0, 0.05) is 17.1 Å². The molecule has 3 nitrogen and oxygen atoms in total. The first-order valence-electron chi connectivity index (χ1n) is 16.1. The molecule has 1 heterocycles. The van der Waals surface area contributed by atoms with Gasteiger partial charge in [0.2, 0.25) is 0 Å². The van der Waals surface area contributed by atoms with E-state index in [4.69, 9.17) is 9.57 Å². The average Bonchev–Trinajstić information content (AvgIpc) is 3.35. The topological polar surface area (TPSA) is 21.7 Å². The Morgan fingerprint density at radius 3 is 2.51 bits per heavy atom. The fraction of sp³-hybridized carbons (Fsp3) is 0.286. The van der Waals surface area contributed by atoms with E-state index in [-0.39, 0.29) is 18.1 Å². The third-order valence-electron chi connectivity index (χ3n) is 8.44. The summed E-state index contributed by atoms with van der Waals surface area (Å²) in [6, 6.07) is 16.7. The molecule has 2 aromatic rings. The zero-order valence-corrected chi connectivity index (χ0v) is 28.0. The lowest BCUT2D eigenvalue weighted by Crippen LogP contribution is -2.31. The van der Waals surface area contributed by atoms with Crippen molar-refractivity contribution in [1.82, 2.24) is 0 Å². The molecule has 0 saturated heterocycles. The summed E-state index contributed by atoms with van der Waals surface area (Å²) in [6.45, 7) is 25.1. The lowest BCUT2D eigenvalue weighted by atomic mass is 9.79. The number of hydroxylamine groups is 1. The first-order valence-corrected chi connectivity index (χ1v) is 16.1. The summed E-state index contributed by atoms with van der Waals surface area (Å²) in [5.41, 5.74) is 10.6. The SMILES string of the molecule is C=C/C=C(\C=C/C(C)N(O/C(C=C)=C(/C=C\CC)C(=C)C)c1ccccc1)C1=CC(C2c3ccc(C)cc3OC2C)=C(C)CC1. The van der Waals surface area contributed by atoms with Gasteiger partial charge in [-0.2, -0.15) is 0 Å². The Hall–Kier alpha value is -4.50. The first kappa shape index (κ1) is 33.4. The van der Waals surface area contributed by atoms with Gasteiger partial charge in [0.05, 0.1) is 11.7 Å². The highest BCUT2D eigenvalue weighted by Crippen LogP contribution is 2.46. The van der Waals surface area contributed by atoms with Crippen LogP contribution in [0.1, 0.15) is 70.9 Å². The van der Waals surface area contributed by atoms with Crippen LogP contribution in [-0.2, 0) is 4.84 Å². The van der Waals surface area contributed by atoms with Gasteiger partial charge in [-0.25, -0.2) is 5.06 Å². The van der Waals surface area contributed by atoms with E-state index in [0.29, 0.717) is 5.76 Å². The number of anilines is 1. The summed E-state index contributed by atoms with van der Waals surface area (Å²) in [6.07, 6.45) is 19.7. The first-order chi connectivity index (χ1) is 21.7. The highest BCUT2D eigenvalue weighted by atomic mass is 16.7. The van der Waals surface area contributed by atoms with Crippen LogP contribution in [0.5, 0.6) is 5.75 Å². The monoisotopic (exact) mass is 599 g/mol. The van der Waals surface area contributed by atoms with Gasteiger partial charge >= 0.3 is 0 Å². The Balaban J connectivity index is 1.67. The van der Waals surface area contributed by atoms with E-state index in [1.54, 1.807) is 6.08 Å². The standard InChI is InChI=1S/C42H49NO2/c1-10-13-20-37(29(4)5)40(12-3)45-43(36-18-15-14-16-19-36)32(8)23-25-34(17-11-2)35-24-22-31(7)39(28-35)42-33(9)44-41-27-30(6)21-26-38(41)42/h11-21,23,25-28,32-33,42H,2-4,10,22,24H2,1,5-9H3/b20-13-,25-23-,34-17+,40-37-. The van der Waals surface area contributed by atoms with Crippen molar-refractivity contribution in [2.75, 3.05) is 5.06 Å². The number of hydrogen-bond donors (Lipinski definition) is 0. The second kappa shape index (κ2) is 15.5. The maximum absolute atomic E-state index is 6.61. The van der Waals surface area contributed by atoms with Crippen LogP contribution in [0.3, 0.4) is 0 Å². The summed E-state index contributed by atoms with van der Waals surface area (Å²) in [5, 5.41) is 1.93. The van der Waals surface area contributed by atoms with Crippen LogP contribution in [-0.4, -0.2) is 12.1 Å². The van der Waals surface area contributed by atoms with E-state index in [9.17, 15) is 0 Å². The minimum absolute atomic E-state index is 0.0877. The predicted molar refractivity (Wildman–Crippen MR) is 192 cm³/mol. The summed E-state index contributed by atoms with van der Waals surface area (Å²) in [4.78, 5) is 6.61. The van der Waals surface area contributed by atoms with Crippen molar-refractivity contribution in [2.24, 2.45) is 0 Å². The largest absolute Gasteiger partial charge is 0.489 e. The minimum atomic E-state index is -0.101. The zero-order chi connectivity index (χ0) is 32.5. The molecule has 0 amide bonds. The number of nitrogens with zero attached hydrogens (tertiary/aromatic N) is 1. The van der Waals surface area contributed by atoms with E-state index in [1.807, 2.05) is 36.3 Å². The number of allylic oxidation sites excluding steroid dienone is 12. The van der Waals surface area contributed by atoms with Crippen LogP contribution in [0, 0.1) is 6.92 Å². The lowest BCUT2D eigenvalue weighted by Gasteiger charge is -2.30. The fourth-order valence-corrected chi connectivity index (χ4v) is 6.01. The molecule has 0 radical (unpaired) electrons. The van der Waals surface area contributed by atoms with Gasteiger partial charge in [0.25, 0.3) is 0 Å². The Kier molecular flexibility index (Phi) is 11.5. The molecule has 1 aliphatic carbocycles. The third-order valence-corrected chi connectivity index (χ3v) is 8.44. The second-order valence-electron chi connectivity index (χ2n) is 12.0. The van der Waals surface area contributed by atoms with E-state index >= 15 is 0 Å². The van der Waals surface area contributed by atoms with Gasteiger partial charge in [-0.05, 0) is 106 Å². The number of rotatable bonds is 13. The molecular weight excluding hydrogens is 550 g/mol. The van der Waals surface area contributed by atoms with Crippen LogP contribution in [0.2, 0.25) is 0 Å². The summed E-state index contributed by atoms with van der Waals surface area (Å²) in [7, 11) is 0. The molecule has 0 saturated carbocycles. The molecule has 1 aliphatic heterocycles. The Labute approximate surface area is 271 Å². The normalized spacial score (nSPS) is 19.5. The molecule has 4 rings (SSSR count). The molecule has 45 heavy (non-hydrogen) atoms. The van der Waals surface area contributed by atoms with E-state index < -0.39 is 0 Å². The Bertz CT molecular complexity index is 1590. The van der Waals surface area contributed by atoms with Crippen LogP contribution < -0.4 is 9.80 Å². The molecule has 3 atom stereocenters. The molecule has 0 spiro atoms. The molecule has 0 aromatic heterocycles. The number of benzene rings is 2. The van der Waals surface area contributed by atoms with Gasteiger partial charge in [-0.1, -0.05) is 105 Å². The van der Waals surface area contributed by atoms with Gasteiger partial charge in [0.15, 0.2) is 5.76 Å². The van der Waals surface area contributed by atoms with Crippen LogP contribution in [0.25, 0.3) is 0 Å². The van der Waals surface area contributed by atoms with Crippen molar-refractivity contribution in [2.45, 2.75) is 78.9 Å². The number of ether oxygens (including phenoxy) is 1. The maximum Gasteiger partial charge on any atom is 0.162 e. The Morgan fingerprint density at radius 2 is 1.84 bits per heavy atom. The molecule has 3 heteroatoms. The maximum atomic E-state index is 6.61. The molecule has 234 valence electrons. The second-order valence-corrected chi connectivity index (χ2v) is 12.0. The van der Waals surface area contributed by atoms with Crippen molar-refractivity contribution >= 4 is 5.69 Å². The quantitative estimate of drug-likeness (QED) is 0.130. The van der Waals surface area contributed by atoms with E-state index in [1.165, 1.54) is 27.8 Å². The molecule has 0 bridgehead atoms. The van der Waals surface area contributed by atoms with E-state index in [2.05, 4.69) is 121 Å². The average molecular weight is 600 g/mol. The van der Waals surface area contributed by atoms with Gasteiger partial charge in [-0.15, -0.1) is 0 Å². The van der Waals surface area contributed by atoms with Gasteiger partial charge in [-0.3, -0.25) is 0 Å². The van der Waals surface area contributed by atoms with Crippen molar-refractivity contribution < 1.29 is 9.57 Å². The highest BCUT2D eigenvalue weighted by Gasteiger charge is 2.35. The number of hydrogen-bond acceptors (Lipinski definition) is 3. The van der Waals surface area contributed by atoms with Gasteiger partial charge < -0.3 is 9.57 Å². The highest BCUT2D eigenvalue weighted by molar-refractivity contribution is 5.56. The number of aryl methyl sites for hydroxylation is 1. The lowest BCUT2D eigenvalue weighted by molar-refractivity contribution is 0.177. The Morgan fingerprint density at radius 1 is 1.09 bits per heavy atom. The molecule has 2 aromatic carbocycles. The summed E-state index contributed by atoms with van der Waals surface area (Å²) >= 11 is 0. The van der Waals surface area contributed by atoms with Crippen LogP contribution in [0.15, 0.2) is 156 Å². The minimum Gasteiger partial charge on any atom is -0.489 e. The molecule has 0 N–H and O–H groups in total. The zero-order valence-electron chi connectivity index (χ0n) is 28.0. The molecule has 3 unspecified atom stereocenters. The predicted octanol–water partition coefficient (Wildman–Crippen LogP) is 11.4. The van der Waals surface area contributed by atoms with Crippen LogP contribution in [0.4, 0.5) is 5.69 Å². The van der Waals surface area contributed by atoms with Crippen molar-refractivity contribution in [3.63, 3.8) is 0 Å². The van der Waals surface area contributed by atoms with Crippen molar-refractivity contribution in [1.29, 1.82) is 0 Å². The van der Waals surface area contributed by atoms with E-state index in [0.717, 1.165) is 47.4 Å². The molecule has 2 aliphatic rings. The number of fused-ring (bicyclic) bond motifs is 1.